The number of benzene rings is 1. The van der Waals surface area contributed by atoms with E-state index in [1.54, 1.807) is 7.11 Å². The van der Waals surface area contributed by atoms with E-state index in [2.05, 4.69) is 17.9 Å². The van der Waals surface area contributed by atoms with Gasteiger partial charge in [0.15, 0.2) is 0 Å². The van der Waals surface area contributed by atoms with Crippen molar-refractivity contribution in [2.75, 3.05) is 20.7 Å². The van der Waals surface area contributed by atoms with Gasteiger partial charge in [-0.15, -0.1) is 0 Å². The summed E-state index contributed by atoms with van der Waals surface area (Å²) >= 11 is 0. The zero-order valence-electron chi connectivity index (χ0n) is 11.0. The van der Waals surface area contributed by atoms with Crippen molar-refractivity contribution in [2.45, 2.75) is 32.4 Å². The lowest BCUT2D eigenvalue weighted by atomic mass is 10.1. The van der Waals surface area contributed by atoms with Crippen LogP contribution in [0, 0.1) is 0 Å². The molecule has 0 saturated heterocycles. The molecule has 3 heteroatoms. The minimum absolute atomic E-state index is 0.236. The molecule has 0 saturated carbocycles. The number of aliphatic hydroxyl groups is 1. The minimum Gasteiger partial charge on any atom is -0.496 e. The van der Waals surface area contributed by atoms with E-state index in [4.69, 9.17) is 4.74 Å². The first kappa shape index (κ1) is 14.0. The lowest BCUT2D eigenvalue weighted by molar-refractivity contribution is 0.114. The lowest BCUT2D eigenvalue weighted by Crippen LogP contribution is -2.28. The van der Waals surface area contributed by atoms with Crippen LogP contribution in [0.15, 0.2) is 24.3 Å². The molecule has 0 aliphatic heterocycles. The molecule has 0 aliphatic carbocycles. The molecule has 1 N–H and O–H groups in total. The lowest BCUT2D eigenvalue weighted by Gasteiger charge is -2.21. The molecule has 1 aromatic carbocycles. The van der Waals surface area contributed by atoms with Gasteiger partial charge in [-0.3, -0.25) is 4.90 Å². The molecule has 0 aromatic heterocycles. The highest BCUT2D eigenvalue weighted by molar-refractivity contribution is 5.32. The second kappa shape index (κ2) is 7.30. The Morgan fingerprint density at radius 2 is 2.06 bits per heavy atom. The summed E-state index contributed by atoms with van der Waals surface area (Å²) in [6.07, 6.45) is 1.64. The van der Waals surface area contributed by atoms with Crippen molar-refractivity contribution in [3.63, 3.8) is 0 Å². The third-order valence-corrected chi connectivity index (χ3v) is 2.78. The van der Waals surface area contributed by atoms with Crippen molar-refractivity contribution in [1.29, 1.82) is 0 Å². The number of hydrogen-bond donors (Lipinski definition) is 1. The molecule has 1 atom stereocenters. The second-order valence-electron chi connectivity index (χ2n) is 4.45. The van der Waals surface area contributed by atoms with Gasteiger partial charge in [0, 0.05) is 18.7 Å². The van der Waals surface area contributed by atoms with Gasteiger partial charge in [0.1, 0.15) is 5.75 Å². The van der Waals surface area contributed by atoms with Crippen molar-refractivity contribution in [1.82, 2.24) is 4.90 Å². The van der Waals surface area contributed by atoms with Gasteiger partial charge in [-0.25, -0.2) is 0 Å². The largest absolute Gasteiger partial charge is 0.496 e. The average molecular weight is 237 g/mol. The summed E-state index contributed by atoms with van der Waals surface area (Å²) in [6, 6.07) is 8.00. The molecule has 0 spiro atoms. The summed E-state index contributed by atoms with van der Waals surface area (Å²) < 4.78 is 5.31. The summed E-state index contributed by atoms with van der Waals surface area (Å²) in [5, 5.41) is 9.75. The van der Waals surface area contributed by atoms with Gasteiger partial charge >= 0.3 is 0 Å². The number of methoxy groups -OCH3 is 1. The summed E-state index contributed by atoms with van der Waals surface area (Å²) in [5.74, 6) is 0.907. The Morgan fingerprint density at radius 3 is 2.71 bits per heavy atom. The Morgan fingerprint density at radius 1 is 1.35 bits per heavy atom. The van der Waals surface area contributed by atoms with Crippen molar-refractivity contribution in [2.24, 2.45) is 0 Å². The van der Waals surface area contributed by atoms with Gasteiger partial charge in [0.2, 0.25) is 0 Å². The van der Waals surface area contributed by atoms with Gasteiger partial charge in [-0.2, -0.15) is 0 Å². The molecule has 96 valence electrons. The molecule has 0 fully saturated rings. The number of aliphatic hydroxyl groups excluding tert-OH is 1. The highest BCUT2D eigenvalue weighted by atomic mass is 16.5. The zero-order valence-corrected chi connectivity index (χ0v) is 11.0. The van der Waals surface area contributed by atoms with Crippen LogP contribution in [0.1, 0.15) is 25.3 Å². The Bertz CT molecular complexity index is 328. The summed E-state index contributed by atoms with van der Waals surface area (Å²) in [5.41, 5.74) is 1.15. The average Bonchev–Trinajstić information content (AvgIpc) is 2.29. The normalized spacial score (nSPS) is 12.8. The Labute approximate surface area is 104 Å². The van der Waals surface area contributed by atoms with E-state index < -0.39 is 0 Å². The quantitative estimate of drug-likeness (QED) is 0.789. The van der Waals surface area contributed by atoms with Gasteiger partial charge in [0.05, 0.1) is 13.2 Å². The molecule has 3 nitrogen and oxygen atoms in total. The van der Waals surface area contributed by atoms with E-state index in [0.717, 1.165) is 30.7 Å². The molecular weight excluding hydrogens is 214 g/mol. The van der Waals surface area contributed by atoms with Crippen molar-refractivity contribution < 1.29 is 9.84 Å². The smallest absolute Gasteiger partial charge is 0.123 e. The maximum atomic E-state index is 9.75. The fourth-order valence-corrected chi connectivity index (χ4v) is 1.97. The molecule has 0 radical (unpaired) electrons. The topological polar surface area (TPSA) is 32.7 Å². The fourth-order valence-electron chi connectivity index (χ4n) is 1.97. The van der Waals surface area contributed by atoms with E-state index >= 15 is 0 Å². The van der Waals surface area contributed by atoms with Crippen molar-refractivity contribution >= 4 is 0 Å². The van der Waals surface area contributed by atoms with E-state index in [1.165, 1.54) is 0 Å². The van der Waals surface area contributed by atoms with Gasteiger partial charge in [0.25, 0.3) is 0 Å². The summed E-state index contributed by atoms with van der Waals surface area (Å²) in [7, 11) is 3.70. The number of likely N-dealkylation sites (N-methyl/N-ethyl adjacent to an activating group) is 1. The molecule has 1 rings (SSSR count). The Kier molecular flexibility index (Phi) is 6.01. The maximum absolute atomic E-state index is 9.75. The first-order valence-corrected chi connectivity index (χ1v) is 6.15. The van der Waals surface area contributed by atoms with Crippen LogP contribution in [0.5, 0.6) is 5.75 Å². The molecule has 0 bridgehead atoms. The Balaban J connectivity index is 2.52. The number of nitrogens with zero attached hydrogens (tertiary/aromatic N) is 1. The number of para-hydroxylation sites is 1. The standard InChI is InChI=1S/C14H23NO2/c1-4-7-13(16)11-15(2)10-12-8-5-6-9-14(12)17-3/h5-6,8-9,13,16H,4,7,10-11H2,1-3H3. The third kappa shape index (κ3) is 4.75. The third-order valence-electron chi connectivity index (χ3n) is 2.78. The van der Waals surface area contributed by atoms with Crippen LogP contribution in [0.3, 0.4) is 0 Å². The minimum atomic E-state index is -0.236. The predicted molar refractivity (Wildman–Crippen MR) is 70.2 cm³/mol. The molecule has 0 aliphatic rings. The monoisotopic (exact) mass is 237 g/mol. The first-order valence-electron chi connectivity index (χ1n) is 6.15. The number of rotatable bonds is 7. The number of hydrogen-bond acceptors (Lipinski definition) is 3. The van der Waals surface area contributed by atoms with Crippen LogP contribution in [0.4, 0.5) is 0 Å². The molecule has 0 amide bonds. The van der Waals surface area contributed by atoms with Crippen LogP contribution < -0.4 is 4.74 Å². The molecule has 1 aromatic rings. The summed E-state index contributed by atoms with van der Waals surface area (Å²) in [4.78, 5) is 2.12. The highest BCUT2D eigenvalue weighted by Crippen LogP contribution is 2.18. The summed E-state index contributed by atoms with van der Waals surface area (Å²) in [6.45, 7) is 3.58. The Hall–Kier alpha value is -1.06. The zero-order chi connectivity index (χ0) is 12.7. The SMILES string of the molecule is CCCC(O)CN(C)Cc1ccccc1OC. The predicted octanol–water partition coefficient (Wildman–Crippen LogP) is 2.29. The van der Waals surface area contributed by atoms with Crippen LogP contribution in [-0.4, -0.2) is 36.8 Å². The number of ether oxygens (including phenoxy) is 1. The van der Waals surface area contributed by atoms with Crippen LogP contribution in [-0.2, 0) is 6.54 Å². The van der Waals surface area contributed by atoms with Crippen molar-refractivity contribution in [3.8, 4) is 5.75 Å². The van der Waals surface area contributed by atoms with E-state index in [-0.39, 0.29) is 6.10 Å². The highest BCUT2D eigenvalue weighted by Gasteiger charge is 2.09. The van der Waals surface area contributed by atoms with E-state index in [0.29, 0.717) is 6.54 Å². The molecule has 17 heavy (non-hydrogen) atoms. The molecule has 0 heterocycles. The maximum Gasteiger partial charge on any atom is 0.123 e. The van der Waals surface area contributed by atoms with Gasteiger partial charge in [-0.1, -0.05) is 31.5 Å². The second-order valence-corrected chi connectivity index (χ2v) is 4.45. The fraction of sp³-hybridized carbons (Fsp3) is 0.571. The van der Waals surface area contributed by atoms with Crippen molar-refractivity contribution in [3.05, 3.63) is 29.8 Å². The molecule has 1 unspecified atom stereocenters. The van der Waals surface area contributed by atoms with Gasteiger partial charge in [-0.05, 0) is 19.5 Å². The van der Waals surface area contributed by atoms with Crippen LogP contribution in [0.2, 0.25) is 0 Å². The van der Waals surface area contributed by atoms with Crippen LogP contribution in [0.25, 0.3) is 0 Å². The van der Waals surface area contributed by atoms with Crippen LogP contribution >= 0.6 is 0 Å². The van der Waals surface area contributed by atoms with Gasteiger partial charge < -0.3 is 9.84 Å². The van der Waals surface area contributed by atoms with E-state index in [1.807, 2.05) is 25.2 Å². The van der Waals surface area contributed by atoms with E-state index in [9.17, 15) is 5.11 Å². The molecular formula is C14H23NO2. The first-order chi connectivity index (χ1) is 8.17.